The first kappa shape index (κ1) is 22.2. The Morgan fingerprint density at radius 3 is 2.36 bits per heavy atom. The molecule has 0 saturated heterocycles. The maximum Gasteiger partial charge on any atom is 0.426 e. The van der Waals surface area contributed by atoms with E-state index >= 15 is 0 Å². The number of aromatic nitrogens is 1. The van der Waals surface area contributed by atoms with Crippen LogP contribution in [0.25, 0.3) is 0 Å². The second-order valence-corrected chi connectivity index (χ2v) is 8.06. The minimum atomic E-state index is -5.22. The summed E-state index contributed by atoms with van der Waals surface area (Å²) in [6.45, 7) is 0.274. The number of halogens is 5. The normalized spacial score (nSPS) is 14.2. The number of carbonyl (C=O) groups excluding carboxylic acids is 1. The van der Waals surface area contributed by atoms with Crippen LogP contribution in [0.3, 0.4) is 0 Å². The summed E-state index contributed by atoms with van der Waals surface area (Å²) < 4.78 is 65.1. The van der Waals surface area contributed by atoms with Crippen LogP contribution in [0.15, 0.2) is 41.4 Å². The number of hydrogen-bond acceptors (Lipinski definition) is 5. The van der Waals surface area contributed by atoms with Gasteiger partial charge in [-0.25, -0.2) is 13.4 Å². The van der Waals surface area contributed by atoms with E-state index in [0.717, 1.165) is 18.2 Å². The van der Waals surface area contributed by atoms with Crippen LogP contribution < -0.4 is 10.0 Å². The molecule has 0 saturated carbocycles. The summed E-state index contributed by atoms with van der Waals surface area (Å²) in [7, 11) is -4.16. The lowest BCUT2D eigenvalue weighted by atomic mass is 10.1. The van der Waals surface area contributed by atoms with Gasteiger partial charge in [-0.05, 0) is 37.3 Å². The van der Waals surface area contributed by atoms with Gasteiger partial charge in [-0.2, -0.15) is 13.2 Å². The van der Waals surface area contributed by atoms with E-state index in [4.69, 9.17) is 23.2 Å². The molecule has 0 bridgehead atoms. The number of carbonyl (C=O) groups is 1. The number of benzene rings is 1. The van der Waals surface area contributed by atoms with E-state index < -0.39 is 27.7 Å². The molecule has 0 radical (unpaired) electrons. The zero-order chi connectivity index (χ0) is 21.3. The molecule has 0 aliphatic carbocycles. The molecule has 0 spiro atoms. The third-order valence-corrected chi connectivity index (χ3v) is 5.47. The van der Waals surface area contributed by atoms with Gasteiger partial charge in [-0.3, -0.25) is 9.52 Å². The Labute approximate surface area is 167 Å². The van der Waals surface area contributed by atoms with Crippen LogP contribution in [0.4, 0.5) is 24.5 Å². The van der Waals surface area contributed by atoms with Crippen molar-refractivity contribution in [3.63, 3.8) is 0 Å². The molecule has 0 fully saturated rings. The number of sulfonamides is 1. The number of alkyl halides is 3. The average Bonchev–Trinajstić information content (AvgIpc) is 2.57. The maximum atomic E-state index is 12.7. The summed E-state index contributed by atoms with van der Waals surface area (Å²) >= 11 is 11.7. The maximum absolute atomic E-state index is 12.7. The van der Waals surface area contributed by atoms with Gasteiger partial charge in [0.05, 0.1) is 21.3 Å². The fourth-order valence-corrected chi connectivity index (χ4v) is 3.41. The lowest BCUT2D eigenvalue weighted by Crippen LogP contribution is -2.52. The molecule has 1 aromatic heterocycles. The standard InChI is InChI=1S/C15H12Cl2F3N3O4S/c1-14(25,15(18,19)20)13(24)22-10-5-4-8(7-9(10)16)28(26,27)23-11-3-2-6-21-12(11)17/h2-7,23,25H,1H3,(H,22,24). The van der Waals surface area contributed by atoms with E-state index in [9.17, 15) is 31.5 Å². The number of amides is 1. The van der Waals surface area contributed by atoms with Gasteiger partial charge in [0.25, 0.3) is 15.9 Å². The number of hydrogen-bond donors (Lipinski definition) is 3. The van der Waals surface area contributed by atoms with E-state index in [1.165, 1.54) is 18.3 Å². The molecule has 28 heavy (non-hydrogen) atoms. The molecule has 1 amide bonds. The Morgan fingerprint density at radius 2 is 1.82 bits per heavy atom. The first-order chi connectivity index (χ1) is 12.8. The Kier molecular flexibility index (Phi) is 6.14. The summed E-state index contributed by atoms with van der Waals surface area (Å²) in [5.74, 6) is -1.78. The first-order valence-electron chi connectivity index (χ1n) is 7.29. The first-order valence-corrected chi connectivity index (χ1v) is 9.53. The smallest absolute Gasteiger partial charge is 0.373 e. The summed E-state index contributed by atoms with van der Waals surface area (Å²) in [6.07, 6.45) is -3.87. The zero-order valence-corrected chi connectivity index (χ0v) is 16.2. The Bertz CT molecular complexity index is 1010. The van der Waals surface area contributed by atoms with Crippen molar-refractivity contribution in [2.24, 2.45) is 0 Å². The molecule has 2 rings (SSSR count). The largest absolute Gasteiger partial charge is 0.426 e. The molecule has 0 aliphatic rings. The van der Waals surface area contributed by atoms with Gasteiger partial charge in [0.15, 0.2) is 5.15 Å². The summed E-state index contributed by atoms with van der Waals surface area (Å²) in [6, 6.07) is 5.69. The van der Waals surface area contributed by atoms with Crippen LogP contribution in [0.2, 0.25) is 10.2 Å². The van der Waals surface area contributed by atoms with E-state index in [1.54, 1.807) is 0 Å². The van der Waals surface area contributed by atoms with E-state index in [1.807, 2.05) is 5.32 Å². The number of anilines is 2. The highest BCUT2D eigenvalue weighted by atomic mass is 35.5. The van der Waals surface area contributed by atoms with E-state index in [-0.39, 0.29) is 33.4 Å². The predicted molar refractivity (Wildman–Crippen MR) is 96.8 cm³/mol. The van der Waals surface area contributed by atoms with Gasteiger partial charge < -0.3 is 10.4 Å². The number of rotatable bonds is 5. The van der Waals surface area contributed by atoms with Crippen molar-refractivity contribution in [1.29, 1.82) is 0 Å². The van der Waals surface area contributed by atoms with Crippen LogP contribution in [0, 0.1) is 0 Å². The predicted octanol–water partition coefficient (Wildman–Crippen LogP) is 3.44. The van der Waals surface area contributed by atoms with Crippen molar-refractivity contribution in [3.05, 3.63) is 46.7 Å². The molecule has 0 aliphatic heterocycles. The minimum Gasteiger partial charge on any atom is -0.373 e. The monoisotopic (exact) mass is 457 g/mol. The van der Waals surface area contributed by atoms with Crippen molar-refractivity contribution in [1.82, 2.24) is 4.98 Å². The van der Waals surface area contributed by atoms with Gasteiger partial charge in [0.1, 0.15) is 0 Å². The van der Waals surface area contributed by atoms with Crippen LogP contribution in [-0.4, -0.2) is 36.2 Å². The van der Waals surface area contributed by atoms with Crippen molar-refractivity contribution < 1.29 is 31.5 Å². The molecule has 152 valence electrons. The van der Waals surface area contributed by atoms with Gasteiger partial charge in [-0.15, -0.1) is 0 Å². The van der Waals surface area contributed by atoms with Crippen LogP contribution >= 0.6 is 23.2 Å². The Hall–Kier alpha value is -2.08. The second-order valence-electron chi connectivity index (χ2n) is 5.61. The molecule has 1 aromatic carbocycles. The van der Waals surface area contributed by atoms with Gasteiger partial charge >= 0.3 is 6.18 Å². The minimum absolute atomic E-state index is 0.00103. The SMILES string of the molecule is CC(O)(C(=O)Nc1ccc(S(=O)(=O)Nc2cccnc2Cl)cc1Cl)C(F)(F)F. The molecular formula is C15H12Cl2F3N3O4S. The van der Waals surface area contributed by atoms with E-state index in [0.29, 0.717) is 0 Å². The highest BCUT2D eigenvalue weighted by Crippen LogP contribution is 2.33. The third kappa shape index (κ3) is 4.66. The molecule has 1 unspecified atom stereocenters. The van der Waals surface area contributed by atoms with Gasteiger partial charge in [0, 0.05) is 6.20 Å². The molecule has 7 nitrogen and oxygen atoms in total. The number of nitrogens with zero attached hydrogens (tertiary/aromatic N) is 1. The van der Waals surface area contributed by atoms with Crippen LogP contribution in [0.5, 0.6) is 0 Å². The van der Waals surface area contributed by atoms with Crippen molar-refractivity contribution in [2.75, 3.05) is 10.0 Å². The summed E-state index contributed by atoms with van der Waals surface area (Å²) in [4.78, 5) is 15.1. The fraction of sp³-hybridized carbons (Fsp3) is 0.200. The van der Waals surface area contributed by atoms with Crippen LogP contribution in [-0.2, 0) is 14.8 Å². The zero-order valence-electron chi connectivity index (χ0n) is 13.9. The van der Waals surface area contributed by atoms with Crippen molar-refractivity contribution in [2.45, 2.75) is 23.6 Å². The molecule has 2 aromatic rings. The highest BCUT2D eigenvalue weighted by molar-refractivity contribution is 7.92. The fourth-order valence-electron chi connectivity index (χ4n) is 1.80. The summed E-state index contributed by atoms with van der Waals surface area (Å²) in [5.41, 5.74) is -3.99. The van der Waals surface area contributed by atoms with Gasteiger partial charge in [-0.1, -0.05) is 23.2 Å². The third-order valence-electron chi connectivity index (χ3n) is 3.50. The highest BCUT2D eigenvalue weighted by Gasteiger charge is 2.55. The quantitative estimate of drug-likeness (QED) is 0.595. The Morgan fingerprint density at radius 1 is 1.18 bits per heavy atom. The average molecular weight is 458 g/mol. The molecule has 13 heteroatoms. The van der Waals surface area contributed by atoms with E-state index in [2.05, 4.69) is 9.71 Å². The lowest BCUT2D eigenvalue weighted by molar-refractivity contribution is -0.242. The van der Waals surface area contributed by atoms with Crippen LogP contribution in [0.1, 0.15) is 6.92 Å². The second kappa shape index (κ2) is 7.74. The molecule has 1 atom stereocenters. The number of nitrogens with one attached hydrogen (secondary N) is 2. The summed E-state index contributed by atoms with van der Waals surface area (Å²) in [5, 5.41) is 10.7. The Balaban J connectivity index is 2.27. The number of pyridine rings is 1. The lowest BCUT2D eigenvalue weighted by Gasteiger charge is -2.25. The molecule has 3 N–H and O–H groups in total. The molecular weight excluding hydrogens is 446 g/mol. The van der Waals surface area contributed by atoms with Crippen molar-refractivity contribution >= 4 is 50.5 Å². The van der Waals surface area contributed by atoms with Gasteiger partial charge in [0.2, 0.25) is 5.60 Å². The number of aliphatic hydroxyl groups is 1. The van der Waals surface area contributed by atoms with Crippen molar-refractivity contribution in [3.8, 4) is 0 Å². The topological polar surface area (TPSA) is 108 Å². The molecule has 1 heterocycles.